The van der Waals surface area contributed by atoms with Gasteiger partial charge >= 0.3 is 0 Å². The number of nitrogens with one attached hydrogen (secondary N) is 2. The normalized spacial score (nSPS) is 14.0. The monoisotopic (exact) mass is 388 g/mol. The number of amides is 1. The summed E-state index contributed by atoms with van der Waals surface area (Å²) in [5.41, 5.74) is 3.29. The lowest BCUT2D eigenvalue weighted by molar-refractivity contribution is -0.130. The Kier molecular flexibility index (Phi) is 6.45. The molecule has 2 N–H and O–H groups in total. The number of carbonyl (C=O) groups is 1. The van der Waals surface area contributed by atoms with E-state index in [-0.39, 0.29) is 18.3 Å². The van der Waals surface area contributed by atoms with Gasteiger partial charge in [0.05, 0.1) is 6.54 Å². The van der Waals surface area contributed by atoms with Crippen LogP contribution in [0.2, 0.25) is 0 Å². The minimum absolute atomic E-state index is 0.0733. The molecule has 144 valence electrons. The molecule has 1 aromatic carbocycles. The molecule has 0 saturated heterocycles. The van der Waals surface area contributed by atoms with Crippen LogP contribution in [0.3, 0.4) is 0 Å². The molecule has 27 heavy (non-hydrogen) atoms. The van der Waals surface area contributed by atoms with Crippen molar-refractivity contribution in [1.29, 1.82) is 0 Å². The zero-order valence-corrected chi connectivity index (χ0v) is 16.5. The van der Waals surface area contributed by atoms with Crippen molar-refractivity contribution in [3.8, 4) is 0 Å². The van der Waals surface area contributed by atoms with Crippen molar-refractivity contribution in [2.45, 2.75) is 26.3 Å². The van der Waals surface area contributed by atoms with E-state index >= 15 is 0 Å². The largest absolute Gasteiger partial charge is 0.356 e. The van der Waals surface area contributed by atoms with E-state index < -0.39 is 0 Å². The number of aliphatic imine (C=N–C) groups is 1. The molecular formula is C20H25FN4OS. The van der Waals surface area contributed by atoms with Crippen molar-refractivity contribution in [3.05, 3.63) is 57.0 Å². The lowest BCUT2D eigenvalue weighted by Gasteiger charge is -2.27. The van der Waals surface area contributed by atoms with Crippen molar-refractivity contribution >= 4 is 23.2 Å². The summed E-state index contributed by atoms with van der Waals surface area (Å²) in [5, 5.41) is 8.38. The molecule has 0 unspecified atom stereocenters. The number of aryl methyl sites for hydroxylation is 1. The SMILES string of the molecule is CN=C(NCCc1ccc(F)cc1C)NCC(=O)N1CCc2sccc2C1. The predicted octanol–water partition coefficient (Wildman–Crippen LogP) is 2.49. The third-order valence-electron chi connectivity index (χ3n) is 4.78. The summed E-state index contributed by atoms with van der Waals surface area (Å²) in [4.78, 5) is 19.9. The van der Waals surface area contributed by atoms with Crippen LogP contribution in [0.15, 0.2) is 34.6 Å². The van der Waals surface area contributed by atoms with Gasteiger partial charge < -0.3 is 15.5 Å². The van der Waals surface area contributed by atoms with Crippen LogP contribution in [0.25, 0.3) is 0 Å². The lowest BCUT2D eigenvalue weighted by Crippen LogP contribution is -2.46. The maximum absolute atomic E-state index is 13.2. The summed E-state index contributed by atoms with van der Waals surface area (Å²) in [6, 6.07) is 6.93. The number of fused-ring (bicyclic) bond motifs is 1. The maximum Gasteiger partial charge on any atom is 0.242 e. The summed E-state index contributed by atoms with van der Waals surface area (Å²) < 4.78 is 13.2. The Labute approximate surface area is 163 Å². The van der Waals surface area contributed by atoms with Gasteiger partial charge in [0.2, 0.25) is 5.91 Å². The molecule has 0 saturated carbocycles. The molecule has 0 fully saturated rings. The van der Waals surface area contributed by atoms with Crippen molar-refractivity contribution in [2.24, 2.45) is 4.99 Å². The van der Waals surface area contributed by atoms with Crippen molar-refractivity contribution < 1.29 is 9.18 Å². The fourth-order valence-corrected chi connectivity index (χ4v) is 4.10. The minimum atomic E-state index is -0.215. The highest BCUT2D eigenvalue weighted by atomic mass is 32.1. The van der Waals surface area contributed by atoms with E-state index in [1.165, 1.54) is 16.5 Å². The first-order valence-electron chi connectivity index (χ1n) is 9.09. The van der Waals surface area contributed by atoms with Gasteiger partial charge in [-0.2, -0.15) is 0 Å². The summed E-state index contributed by atoms with van der Waals surface area (Å²) in [6.45, 7) is 4.23. The number of carbonyl (C=O) groups excluding carboxylic acids is 1. The Morgan fingerprint density at radius 2 is 2.19 bits per heavy atom. The Balaban J connectivity index is 1.43. The number of nitrogens with zero attached hydrogens (tertiary/aromatic N) is 2. The number of halogens is 1. The number of hydrogen-bond acceptors (Lipinski definition) is 3. The van der Waals surface area contributed by atoms with Crippen LogP contribution in [-0.2, 0) is 24.2 Å². The first-order valence-corrected chi connectivity index (χ1v) is 9.97. The number of benzene rings is 1. The van der Waals surface area contributed by atoms with Crippen LogP contribution in [0.4, 0.5) is 4.39 Å². The van der Waals surface area contributed by atoms with E-state index in [9.17, 15) is 9.18 Å². The second kappa shape index (κ2) is 8.99. The summed E-state index contributed by atoms with van der Waals surface area (Å²) in [6.07, 6.45) is 1.69. The summed E-state index contributed by atoms with van der Waals surface area (Å²) >= 11 is 1.77. The summed E-state index contributed by atoms with van der Waals surface area (Å²) in [5.74, 6) is 0.452. The fraction of sp³-hybridized carbons (Fsp3) is 0.400. The van der Waals surface area contributed by atoms with Gasteiger partial charge in [-0.3, -0.25) is 9.79 Å². The number of rotatable bonds is 5. The van der Waals surface area contributed by atoms with Gasteiger partial charge in [0, 0.05) is 31.6 Å². The van der Waals surface area contributed by atoms with E-state index in [0.29, 0.717) is 19.0 Å². The van der Waals surface area contributed by atoms with Crippen molar-refractivity contribution in [3.63, 3.8) is 0 Å². The minimum Gasteiger partial charge on any atom is -0.356 e. The quantitative estimate of drug-likeness (QED) is 0.611. The molecule has 1 aliphatic heterocycles. The van der Waals surface area contributed by atoms with Crippen molar-refractivity contribution in [1.82, 2.24) is 15.5 Å². The van der Waals surface area contributed by atoms with Gasteiger partial charge in [-0.1, -0.05) is 6.07 Å². The molecule has 1 amide bonds. The van der Waals surface area contributed by atoms with Crippen LogP contribution in [0, 0.1) is 12.7 Å². The van der Waals surface area contributed by atoms with E-state index in [4.69, 9.17) is 0 Å². The Hall–Kier alpha value is -2.41. The number of guanidine groups is 1. The van der Waals surface area contributed by atoms with E-state index in [1.54, 1.807) is 30.5 Å². The predicted molar refractivity (Wildman–Crippen MR) is 108 cm³/mol. The standard InChI is InChI=1S/C20H25FN4OS/c1-14-11-17(21)4-3-15(14)5-8-23-20(22-2)24-12-19(26)25-9-6-18-16(13-25)7-10-27-18/h3-4,7,10-11H,5-6,8-9,12-13H2,1-2H3,(H2,22,23,24). The second-order valence-corrected chi connectivity index (χ2v) is 7.61. The van der Waals surface area contributed by atoms with Crippen molar-refractivity contribution in [2.75, 3.05) is 26.7 Å². The highest BCUT2D eigenvalue weighted by molar-refractivity contribution is 7.10. The average Bonchev–Trinajstić information content (AvgIpc) is 3.13. The molecule has 2 aromatic rings. The van der Waals surface area contributed by atoms with Gasteiger partial charge in [-0.05, 0) is 60.0 Å². The number of thiophene rings is 1. The molecule has 0 bridgehead atoms. The van der Waals surface area contributed by atoms with Crippen LogP contribution >= 0.6 is 11.3 Å². The molecular weight excluding hydrogens is 363 g/mol. The number of hydrogen-bond donors (Lipinski definition) is 2. The molecule has 0 aliphatic carbocycles. The van der Waals surface area contributed by atoms with E-state index in [2.05, 4.69) is 27.1 Å². The molecule has 0 atom stereocenters. The van der Waals surface area contributed by atoms with Crippen LogP contribution in [-0.4, -0.2) is 43.4 Å². The lowest BCUT2D eigenvalue weighted by atomic mass is 10.1. The molecule has 0 spiro atoms. The highest BCUT2D eigenvalue weighted by Gasteiger charge is 2.21. The van der Waals surface area contributed by atoms with Crippen LogP contribution in [0.1, 0.15) is 21.6 Å². The van der Waals surface area contributed by atoms with Crippen LogP contribution in [0.5, 0.6) is 0 Å². The maximum atomic E-state index is 13.2. The molecule has 3 rings (SSSR count). The Bertz CT molecular complexity index is 833. The molecule has 5 nitrogen and oxygen atoms in total. The van der Waals surface area contributed by atoms with Gasteiger partial charge in [-0.25, -0.2) is 4.39 Å². The van der Waals surface area contributed by atoms with Gasteiger partial charge in [-0.15, -0.1) is 11.3 Å². The molecule has 0 radical (unpaired) electrons. The summed E-state index contributed by atoms with van der Waals surface area (Å²) in [7, 11) is 1.68. The Morgan fingerprint density at radius 1 is 1.33 bits per heavy atom. The average molecular weight is 389 g/mol. The van der Waals surface area contributed by atoms with Crippen LogP contribution < -0.4 is 10.6 Å². The second-order valence-electron chi connectivity index (χ2n) is 6.61. The molecule has 2 heterocycles. The molecule has 1 aromatic heterocycles. The Morgan fingerprint density at radius 3 is 2.96 bits per heavy atom. The fourth-order valence-electron chi connectivity index (χ4n) is 3.21. The molecule has 1 aliphatic rings. The molecule has 7 heteroatoms. The van der Waals surface area contributed by atoms with E-state index in [1.807, 2.05) is 11.8 Å². The first-order chi connectivity index (χ1) is 13.1. The third kappa shape index (κ3) is 5.07. The highest BCUT2D eigenvalue weighted by Crippen LogP contribution is 2.23. The van der Waals surface area contributed by atoms with Gasteiger partial charge in [0.25, 0.3) is 0 Å². The first kappa shape index (κ1) is 19.4. The van der Waals surface area contributed by atoms with Gasteiger partial charge in [0.1, 0.15) is 5.82 Å². The van der Waals surface area contributed by atoms with E-state index in [0.717, 1.165) is 30.5 Å². The van der Waals surface area contributed by atoms with Gasteiger partial charge in [0.15, 0.2) is 5.96 Å². The topological polar surface area (TPSA) is 56.7 Å². The third-order valence-corrected chi connectivity index (χ3v) is 5.81. The smallest absolute Gasteiger partial charge is 0.242 e. The zero-order chi connectivity index (χ0) is 19.2. The zero-order valence-electron chi connectivity index (χ0n) is 15.7.